The summed E-state index contributed by atoms with van der Waals surface area (Å²) in [5, 5.41) is 12.1. The lowest BCUT2D eigenvalue weighted by molar-refractivity contribution is -0.115. The van der Waals surface area contributed by atoms with Crippen LogP contribution in [0, 0.1) is 0 Å². The van der Waals surface area contributed by atoms with Crippen molar-refractivity contribution < 1.29 is 9.53 Å². The molecule has 1 atom stereocenters. The Labute approximate surface area is 203 Å². The molecule has 172 valence electrons. The second-order valence-corrected chi connectivity index (χ2v) is 8.87. The lowest BCUT2D eigenvalue weighted by Crippen LogP contribution is -2.23. The zero-order chi connectivity index (χ0) is 23.9. The Morgan fingerprint density at radius 1 is 1.03 bits per heavy atom. The zero-order valence-corrected chi connectivity index (χ0v) is 20.0. The molecule has 1 aromatic heterocycles. The zero-order valence-electron chi connectivity index (χ0n) is 19.1. The van der Waals surface area contributed by atoms with E-state index >= 15 is 0 Å². The van der Waals surface area contributed by atoms with Crippen LogP contribution in [0.25, 0.3) is 22.5 Å². The Bertz CT molecular complexity index is 1290. The van der Waals surface area contributed by atoms with Gasteiger partial charge in [-0.15, -0.1) is 16.8 Å². The van der Waals surface area contributed by atoms with E-state index in [9.17, 15) is 4.79 Å². The summed E-state index contributed by atoms with van der Waals surface area (Å²) in [6, 6.07) is 25.5. The number of para-hydroxylation sites is 2. The van der Waals surface area contributed by atoms with Gasteiger partial charge in [-0.2, -0.15) is 0 Å². The summed E-state index contributed by atoms with van der Waals surface area (Å²) in [5.74, 6) is 1.27. The third-order valence-electron chi connectivity index (χ3n) is 5.30. The summed E-state index contributed by atoms with van der Waals surface area (Å²) in [6.45, 7) is 6.24. The van der Waals surface area contributed by atoms with E-state index in [1.165, 1.54) is 11.8 Å². The van der Waals surface area contributed by atoms with Crippen molar-refractivity contribution in [1.29, 1.82) is 0 Å². The number of nitrogens with zero attached hydrogens (tertiary/aromatic N) is 3. The van der Waals surface area contributed by atoms with Crippen LogP contribution in [0.1, 0.15) is 6.92 Å². The molecule has 0 fully saturated rings. The molecule has 3 aromatic carbocycles. The van der Waals surface area contributed by atoms with Crippen molar-refractivity contribution in [3.05, 3.63) is 91.5 Å². The summed E-state index contributed by atoms with van der Waals surface area (Å²) >= 11 is 1.36. The molecule has 0 aliphatic carbocycles. The number of hydrogen-bond donors (Lipinski definition) is 1. The minimum Gasteiger partial charge on any atom is -0.496 e. The minimum absolute atomic E-state index is 0.111. The SMILES string of the molecule is C=CCn1c(S[C@@H](C)C(=O)Nc2ccccc2-c2ccccc2)nnc1-c1ccccc1OC. The first-order valence-electron chi connectivity index (χ1n) is 10.9. The molecule has 4 rings (SSSR count). The van der Waals surface area contributed by atoms with Crippen LogP contribution >= 0.6 is 11.8 Å². The van der Waals surface area contributed by atoms with Crippen LogP contribution in [0.15, 0.2) is 96.7 Å². The number of anilines is 1. The summed E-state index contributed by atoms with van der Waals surface area (Å²) < 4.78 is 7.44. The predicted molar refractivity (Wildman–Crippen MR) is 138 cm³/mol. The van der Waals surface area contributed by atoms with Crippen LogP contribution in [-0.4, -0.2) is 33.0 Å². The molecule has 1 N–H and O–H groups in total. The maximum absolute atomic E-state index is 13.1. The maximum Gasteiger partial charge on any atom is 0.237 e. The van der Waals surface area contributed by atoms with E-state index in [1.54, 1.807) is 13.2 Å². The Morgan fingerprint density at radius 3 is 2.44 bits per heavy atom. The van der Waals surface area contributed by atoms with Gasteiger partial charge in [0.05, 0.1) is 17.9 Å². The molecule has 1 heterocycles. The fourth-order valence-electron chi connectivity index (χ4n) is 3.61. The number of allylic oxidation sites excluding steroid dienone is 1. The summed E-state index contributed by atoms with van der Waals surface area (Å²) in [6.07, 6.45) is 1.78. The number of amides is 1. The van der Waals surface area contributed by atoms with Crippen molar-refractivity contribution >= 4 is 23.4 Å². The van der Waals surface area contributed by atoms with Gasteiger partial charge in [-0.25, -0.2) is 0 Å². The molecule has 0 aliphatic rings. The fraction of sp³-hybridized carbons (Fsp3) is 0.148. The first-order valence-corrected chi connectivity index (χ1v) is 11.8. The largest absolute Gasteiger partial charge is 0.496 e. The Kier molecular flexibility index (Phi) is 7.44. The molecule has 0 bridgehead atoms. The molecular weight excluding hydrogens is 444 g/mol. The highest BCUT2D eigenvalue weighted by Gasteiger charge is 2.22. The van der Waals surface area contributed by atoms with Crippen molar-refractivity contribution in [3.63, 3.8) is 0 Å². The molecule has 0 unspecified atom stereocenters. The third-order valence-corrected chi connectivity index (χ3v) is 6.38. The van der Waals surface area contributed by atoms with E-state index in [4.69, 9.17) is 4.74 Å². The van der Waals surface area contributed by atoms with Gasteiger partial charge in [0.2, 0.25) is 5.91 Å². The molecule has 0 saturated heterocycles. The smallest absolute Gasteiger partial charge is 0.237 e. The summed E-state index contributed by atoms with van der Waals surface area (Å²) in [7, 11) is 1.63. The number of benzene rings is 3. The molecule has 0 saturated carbocycles. The Balaban J connectivity index is 1.56. The number of carbonyl (C=O) groups is 1. The lowest BCUT2D eigenvalue weighted by atomic mass is 10.0. The van der Waals surface area contributed by atoms with Gasteiger partial charge in [-0.1, -0.05) is 78.5 Å². The first-order chi connectivity index (χ1) is 16.6. The monoisotopic (exact) mass is 470 g/mol. The summed E-state index contributed by atoms with van der Waals surface area (Å²) in [4.78, 5) is 13.1. The quantitative estimate of drug-likeness (QED) is 0.243. The number of methoxy groups -OCH3 is 1. The van der Waals surface area contributed by atoms with Gasteiger partial charge >= 0.3 is 0 Å². The van der Waals surface area contributed by atoms with E-state index in [-0.39, 0.29) is 5.91 Å². The normalized spacial score (nSPS) is 11.6. The molecule has 6 nitrogen and oxygen atoms in total. The highest BCUT2D eigenvalue weighted by atomic mass is 32.2. The fourth-order valence-corrected chi connectivity index (χ4v) is 4.46. The van der Waals surface area contributed by atoms with Crippen LogP contribution in [0.5, 0.6) is 5.75 Å². The minimum atomic E-state index is -0.401. The molecule has 1 amide bonds. The Hall–Kier alpha value is -3.84. The van der Waals surface area contributed by atoms with Crippen molar-refractivity contribution in [2.45, 2.75) is 23.9 Å². The van der Waals surface area contributed by atoms with Crippen LogP contribution in [-0.2, 0) is 11.3 Å². The topological polar surface area (TPSA) is 69.0 Å². The molecule has 7 heteroatoms. The third kappa shape index (κ3) is 5.05. The second kappa shape index (κ2) is 10.9. The van der Waals surface area contributed by atoms with Crippen LogP contribution < -0.4 is 10.1 Å². The standard InChI is InChI=1S/C27H26N4O2S/c1-4-18-31-25(22-15-9-11-17-24(22)33-3)29-30-27(31)34-19(2)26(32)28-23-16-10-8-14-21(23)20-12-6-5-7-13-20/h4-17,19H,1,18H2,2-3H3,(H,28,32)/t19-/m0/s1. The van der Waals surface area contributed by atoms with Gasteiger partial charge in [0.15, 0.2) is 11.0 Å². The van der Waals surface area contributed by atoms with E-state index in [1.807, 2.05) is 90.4 Å². The van der Waals surface area contributed by atoms with Gasteiger partial charge < -0.3 is 10.1 Å². The average molecular weight is 471 g/mol. The molecular formula is C27H26N4O2S. The van der Waals surface area contributed by atoms with Crippen molar-refractivity contribution in [1.82, 2.24) is 14.8 Å². The molecule has 0 spiro atoms. The van der Waals surface area contributed by atoms with Crippen molar-refractivity contribution in [2.24, 2.45) is 0 Å². The molecule has 34 heavy (non-hydrogen) atoms. The number of ether oxygens (including phenoxy) is 1. The number of nitrogens with one attached hydrogen (secondary N) is 1. The second-order valence-electron chi connectivity index (χ2n) is 7.57. The molecule has 0 aliphatic heterocycles. The van der Waals surface area contributed by atoms with E-state index < -0.39 is 5.25 Å². The average Bonchev–Trinajstić information content (AvgIpc) is 3.26. The van der Waals surface area contributed by atoms with Crippen molar-refractivity contribution in [2.75, 3.05) is 12.4 Å². The highest BCUT2D eigenvalue weighted by molar-refractivity contribution is 8.00. The van der Waals surface area contributed by atoms with Gasteiger partial charge in [0.1, 0.15) is 5.75 Å². The maximum atomic E-state index is 13.1. The Morgan fingerprint density at radius 2 is 1.71 bits per heavy atom. The predicted octanol–water partition coefficient (Wildman–Crippen LogP) is 5.93. The number of aromatic nitrogens is 3. The highest BCUT2D eigenvalue weighted by Crippen LogP contribution is 2.33. The van der Waals surface area contributed by atoms with Gasteiger partial charge in [-0.3, -0.25) is 9.36 Å². The van der Waals surface area contributed by atoms with Gasteiger partial charge in [0.25, 0.3) is 0 Å². The lowest BCUT2D eigenvalue weighted by Gasteiger charge is -2.15. The van der Waals surface area contributed by atoms with E-state index in [2.05, 4.69) is 22.1 Å². The molecule has 0 radical (unpaired) electrons. The first kappa shape index (κ1) is 23.3. The van der Waals surface area contributed by atoms with Crippen LogP contribution in [0.2, 0.25) is 0 Å². The number of hydrogen-bond acceptors (Lipinski definition) is 5. The number of thioether (sulfide) groups is 1. The van der Waals surface area contributed by atoms with Crippen LogP contribution in [0.3, 0.4) is 0 Å². The van der Waals surface area contributed by atoms with E-state index in [0.717, 1.165) is 22.4 Å². The summed E-state index contributed by atoms with van der Waals surface area (Å²) in [5.41, 5.74) is 3.63. The van der Waals surface area contributed by atoms with Crippen molar-refractivity contribution in [3.8, 4) is 28.3 Å². The number of rotatable bonds is 9. The van der Waals surface area contributed by atoms with Gasteiger partial charge in [-0.05, 0) is 30.7 Å². The van der Waals surface area contributed by atoms with E-state index in [0.29, 0.717) is 23.3 Å². The van der Waals surface area contributed by atoms with Gasteiger partial charge in [0, 0.05) is 17.8 Å². The number of carbonyl (C=O) groups excluding carboxylic acids is 1. The van der Waals surface area contributed by atoms with Crippen LogP contribution in [0.4, 0.5) is 5.69 Å². The molecule has 4 aromatic rings.